The van der Waals surface area contributed by atoms with Gasteiger partial charge in [-0.2, -0.15) is 0 Å². The molecule has 1 aliphatic carbocycles. The average Bonchev–Trinajstić information content (AvgIpc) is 3.02. The molecule has 0 spiro atoms. The van der Waals surface area contributed by atoms with E-state index in [0.717, 1.165) is 50.5 Å². The molecule has 1 aromatic rings. The first-order chi connectivity index (χ1) is 9.74. The first kappa shape index (κ1) is 13.1. The Kier molecular flexibility index (Phi) is 3.67. The standard InChI is InChI=1S/C15H20N4O/c1-12(20)18-6-8-19(9-7-18)15-10-14(16-11-17-15)13-4-2-3-5-13/h2-3,10-11,13H,4-9H2,1H3. The highest BCUT2D eigenvalue weighted by atomic mass is 16.2. The van der Waals surface area contributed by atoms with Crippen molar-refractivity contribution in [1.82, 2.24) is 14.9 Å². The van der Waals surface area contributed by atoms with E-state index in [9.17, 15) is 4.79 Å². The van der Waals surface area contributed by atoms with Crippen LogP contribution in [0.1, 0.15) is 31.4 Å². The lowest BCUT2D eigenvalue weighted by atomic mass is 10.0. The van der Waals surface area contributed by atoms with Crippen molar-refractivity contribution in [1.29, 1.82) is 0 Å². The molecule has 106 valence electrons. The fourth-order valence-corrected chi connectivity index (χ4v) is 2.87. The van der Waals surface area contributed by atoms with Crippen LogP contribution >= 0.6 is 0 Å². The van der Waals surface area contributed by atoms with Crippen molar-refractivity contribution in [2.75, 3.05) is 31.1 Å². The second-order valence-corrected chi connectivity index (χ2v) is 5.43. The van der Waals surface area contributed by atoms with E-state index in [4.69, 9.17) is 0 Å². The van der Waals surface area contributed by atoms with Gasteiger partial charge in [0, 0.05) is 50.8 Å². The summed E-state index contributed by atoms with van der Waals surface area (Å²) in [7, 11) is 0. The minimum atomic E-state index is 0.157. The number of hydrogen-bond acceptors (Lipinski definition) is 4. The zero-order valence-corrected chi connectivity index (χ0v) is 11.8. The van der Waals surface area contributed by atoms with Crippen LogP contribution in [-0.4, -0.2) is 47.0 Å². The molecule has 0 radical (unpaired) electrons. The summed E-state index contributed by atoms with van der Waals surface area (Å²) in [6.07, 6.45) is 8.26. The molecule has 3 rings (SSSR count). The number of hydrogen-bond donors (Lipinski definition) is 0. The smallest absolute Gasteiger partial charge is 0.219 e. The Morgan fingerprint density at radius 1 is 1.15 bits per heavy atom. The van der Waals surface area contributed by atoms with Crippen LogP contribution in [0.5, 0.6) is 0 Å². The first-order valence-corrected chi connectivity index (χ1v) is 7.21. The molecule has 0 bridgehead atoms. The highest BCUT2D eigenvalue weighted by Gasteiger charge is 2.21. The summed E-state index contributed by atoms with van der Waals surface area (Å²) >= 11 is 0. The second-order valence-electron chi connectivity index (χ2n) is 5.43. The van der Waals surface area contributed by atoms with Gasteiger partial charge in [0.25, 0.3) is 0 Å². The number of anilines is 1. The zero-order chi connectivity index (χ0) is 13.9. The molecule has 0 aromatic carbocycles. The number of amides is 1. The normalized spacial score (nSPS) is 19.6. The van der Waals surface area contributed by atoms with E-state index in [2.05, 4.69) is 33.1 Å². The van der Waals surface area contributed by atoms with Crippen LogP contribution in [0.4, 0.5) is 5.82 Å². The monoisotopic (exact) mass is 272 g/mol. The van der Waals surface area contributed by atoms with Crippen LogP contribution in [0.2, 0.25) is 0 Å². The van der Waals surface area contributed by atoms with Crippen molar-refractivity contribution in [2.45, 2.75) is 25.7 Å². The Balaban J connectivity index is 1.68. The van der Waals surface area contributed by atoms with Crippen molar-refractivity contribution in [2.24, 2.45) is 0 Å². The van der Waals surface area contributed by atoms with Crippen LogP contribution in [-0.2, 0) is 4.79 Å². The molecule has 0 unspecified atom stereocenters. The number of carbonyl (C=O) groups excluding carboxylic acids is 1. The molecule has 2 heterocycles. The number of aromatic nitrogens is 2. The van der Waals surface area contributed by atoms with E-state index in [0.29, 0.717) is 5.92 Å². The van der Waals surface area contributed by atoms with Crippen LogP contribution in [0.15, 0.2) is 24.5 Å². The molecule has 0 N–H and O–H groups in total. The fourth-order valence-electron chi connectivity index (χ4n) is 2.87. The molecule has 1 amide bonds. The third kappa shape index (κ3) is 2.66. The Bertz CT molecular complexity index is 512. The maximum Gasteiger partial charge on any atom is 0.219 e. The van der Waals surface area contributed by atoms with Gasteiger partial charge in [0.1, 0.15) is 12.1 Å². The molecular formula is C15H20N4O. The molecule has 5 nitrogen and oxygen atoms in total. The fraction of sp³-hybridized carbons (Fsp3) is 0.533. The SMILES string of the molecule is CC(=O)N1CCN(c2cc(C3CC=CC3)ncn2)CC1. The number of rotatable bonds is 2. The maximum absolute atomic E-state index is 11.3. The number of carbonyl (C=O) groups is 1. The minimum absolute atomic E-state index is 0.157. The second kappa shape index (κ2) is 5.61. The van der Waals surface area contributed by atoms with Gasteiger partial charge < -0.3 is 9.80 Å². The van der Waals surface area contributed by atoms with Crippen LogP contribution in [0, 0.1) is 0 Å². The lowest BCUT2D eigenvalue weighted by molar-refractivity contribution is -0.129. The zero-order valence-electron chi connectivity index (χ0n) is 11.8. The summed E-state index contributed by atoms with van der Waals surface area (Å²) in [5.74, 6) is 1.66. The van der Waals surface area contributed by atoms with Crippen molar-refractivity contribution < 1.29 is 4.79 Å². The molecular weight excluding hydrogens is 252 g/mol. The van der Waals surface area contributed by atoms with Crippen LogP contribution in [0.3, 0.4) is 0 Å². The molecule has 20 heavy (non-hydrogen) atoms. The summed E-state index contributed by atoms with van der Waals surface area (Å²) in [6, 6.07) is 2.11. The highest BCUT2D eigenvalue weighted by molar-refractivity contribution is 5.73. The van der Waals surface area contributed by atoms with Crippen LogP contribution in [0.25, 0.3) is 0 Å². The molecule has 0 atom stereocenters. The summed E-state index contributed by atoms with van der Waals surface area (Å²) in [4.78, 5) is 24.3. The molecule has 1 aromatic heterocycles. The molecule has 0 saturated carbocycles. The number of piperazine rings is 1. The summed E-state index contributed by atoms with van der Waals surface area (Å²) in [6.45, 7) is 4.88. The molecule has 2 aliphatic rings. The van der Waals surface area contributed by atoms with E-state index in [-0.39, 0.29) is 5.91 Å². The minimum Gasteiger partial charge on any atom is -0.353 e. The predicted octanol–water partition coefficient (Wildman–Crippen LogP) is 1.58. The third-order valence-corrected chi connectivity index (χ3v) is 4.15. The van der Waals surface area contributed by atoms with Gasteiger partial charge in [-0.1, -0.05) is 12.2 Å². The van der Waals surface area contributed by atoms with Crippen molar-refractivity contribution >= 4 is 11.7 Å². The van der Waals surface area contributed by atoms with Crippen LogP contribution < -0.4 is 4.90 Å². The average molecular weight is 272 g/mol. The lowest BCUT2D eigenvalue weighted by Crippen LogP contribution is -2.48. The number of nitrogens with zero attached hydrogens (tertiary/aromatic N) is 4. The summed E-state index contributed by atoms with van der Waals surface area (Å²) < 4.78 is 0. The van der Waals surface area contributed by atoms with Gasteiger partial charge in [-0.05, 0) is 12.8 Å². The topological polar surface area (TPSA) is 49.3 Å². The number of allylic oxidation sites excluding steroid dienone is 2. The van der Waals surface area contributed by atoms with Gasteiger partial charge in [0.2, 0.25) is 5.91 Å². The van der Waals surface area contributed by atoms with E-state index in [1.54, 1.807) is 13.3 Å². The Morgan fingerprint density at radius 3 is 2.50 bits per heavy atom. The lowest BCUT2D eigenvalue weighted by Gasteiger charge is -2.35. The highest BCUT2D eigenvalue weighted by Crippen LogP contribution is 2.29. The molecule has 1 aliphatic heterocycles. The molecule has 1 fully saturated rings. The largest absolute Gasteiger partial charge is 0.353 e. The first-order valence-electron chi connectivity index (χ1n) is 7.21. The van der Waals surface area contributed by atoms with Crippen molar-refractivity contribution in [3.63, 3.8) is 0 Å². The Hall–Kier alpha value is -1.91. The Morgan fingerprint density at radius 2 is 1.85 bits per heavy atom. The predicted molar refractivity (Wildman–Crippen MR) is 77.6 cm³/mol. The molecule has 5 heteroatoms. The third-order valence-electron chi connectivity index (χ3n) is 4.15. The maximum atomic E-state index is 11.3. The summed E-state index contributed by atoms with van der Waals surface area (Å²) in [5.41, 5.74) is 1.13. The molecule has 1 saturated heterocycles. The Labute approximate surface area is 119 Å². The van der Waals surface area contributed by atoms with Gasteiger partial charge in [-0.25, -0.2) is 9.97 Å². The van der Waals surface area contributed by atoms with Crippen molar-refractivity contribution in [3.05, 3.63) is 30.2 Å². The van der Waals surface area contributed by atoms with E-state index in [1.165, 1.54) is 0 Å². The van der Waals surface area contributed by atoms with Gasteiger partial charge in [0.05, 0.1) is 0 Å². The van der Waals surface area contributed by atoms with Gasteiger partial charge >= 0.3 is 0 Å². The van der Waals surface area contributed by atoms with Gasteiger partial charge in [-0.3, -0.25) is 4.79 Å². The quantitative estimate of drug-likeness (QED) is 0.767. The van der Waals surface area contributed by atoms with E-state index in [1.807, 2.05) is 4.90 Å². The van der Waals surface area contributed by atoms with Gasteiger partial charge in [-0.15, -0.1) is 0 Å². The van der Waals surface area contributed by atoms with E-state index < -0.39 is 0 Å². The summed E-state index contributed by atoms with van der Waals surface area (Å²) in [5, 5.41) is 0. The van der Waals surface area contributed by atoms with E-state index >= 15 is 0 Å². The van der Waals surface area contributed by atoms with Gasteiger partial charge in [0.15, 0.2) is 0 Å². The van der Waals surface area contributed by atoms with Crippen molar-refractivity contribution in [3.8, 4) is 0 Å².